The van der Waals surface area contributed by atoms with Gasteiger partial charge in [-0.1, -0.05) is 49.4 Å². The molecule has 4 atom stereocenters. The maximum Gasteiger partial charge on any atom is 0.326 e. The van der Waals surface area contributed by atoms with Crippen LogP contribution in [0.5, 0.6) is 0 Å². The molecule has 0 spiro atoms. The van der Waals surface area contributed by atoms with E-state index in [-0.39, 0.29) is 23.2 Å². The Balaban J connectivity index is 1.14. The SMILES string of the molecule is CC1CCc2c(sc(NC(=O)C(C)Sc3cccc(NC(=O)N4c5ccccc5SC5C=CC=CC54)c3)c2C#N)C1. The van der Waals surface area contributed by atoms with E-state index in [4.69, 9.17) is 0 Å². The highest BCUT2D eigenvalue weighted by molar-refractivity contribution is 8.00. The number of carbonyl (C=O) groups excluding carboxylic acids is 2. The Labute approximate surface area is 252 Å². The number of amides is 3. The van der Waals surface area contributed by atoms with E-state index in [9.17, 15) is 14.9 Å². The topological polar surface area (TPSA) is 85.2 Å². The summed E-state index contributed by atoms with van der Waals surface area (Å²) >= 11 is 4.74. The van der Waals surface area contributed by atoms with Crippen LogP contribution in [0.3, 0.4) is 0 Å². The van der Waals surface area contributed by atoms with Crippen LogP contribution in [0, 0.1) is 17.2 Å². The molecule has 6 nitrogen and oxygen atoms in total. The number of para-hydroxylation sites is 1. The predicted octanol–water partition coefficient (Wildman–Crippen LogP) is 7.87. The molecule has 0 radical (unpaired) electrons. The Morgan fingerprint density at radius 2 is 1.95 bits per heavy atom. The molecule has 1 aliphatic heterocycles. The third-order valence-corrected chi connectivity index (χ3v) is 11.2. The van der Waals surface area contributed by atoms with Crippen molar-refractivity contribution in [3.05, 3.63) is 88.8 Å². The van der Waals surface area contributed by atoms with Crippen LogP contribution < -0.4 is 15.5 Å². The van der Waals surface area contributed by atoms with Gasteiger partial charge in [-0.25, -0.2) is 4.79 Å². The Hall–Kier alpha value is -3.45. The molecule has 2 heterocycles. The highest BCUT2D eigenvalue weighted by Gasteiger charge is 2.36. The Kier molecular flexibility index (Phi) is 7.98. The van der Waals surface area contributed by atoms with E-state index in [2.05, 4.69) is 41.8 Å². The second-order valence-electron chi connectivity index (χ2n) is 10.6. The number of benzene rings is 2. The van der Waals surface area contributed by atoms with E-state index in [0.29, 0.717) is 22.2 Å². The van der Waals surface area contributed by atoms with Gasteiger partial charge in [0, 0.05) is 20.4 Å². The van der Waals surface area contributed by atoms with Crippen LogP contribution in [-0.2, 0) is 17.6 Å². The smallest absolute Gasteiger partial charge is 0.316 e. The lowest BCUT2D eigenvalue weighted by Gasteiger charge is -2.40. The first-order chi connectivity index (χ1) is 19.9. The number of nitriles is 1. The van der Waals surface area contributed by atoms with Crippen LogP contribution >= 0.6 is 34.9 Å². The van der Waals surface area contributed by atoms with Crippen molar-refractivity contribution >= 4 is 63.2 Å². The van der Waals surface area contributed by atoms with Crippen LogP contribution in [0.2, 0.25) is 0 Å². The lowest BCUT2D eigenvalue weighted by Crippen LogP contribution is -2.49. The average Bonchev–Trinajstić information content (AvgIpc) is 3.31. The zero-order chi connectivity index (χ0) is 28.5. The number of nitrogens with zero attached hydrogens (tertiary/aromatic N) is 2. The monoisotopic (exact) mass is 598 g/mol. The van der Waals surface area contributed by atoms with Crippen LogP contribution in [-0.4, -0.2) is 28.5 Å². The van der Waals surface area contributed by atoms with Crippen LogP contribution in [0.25, 0.3) is 0 Å². The normalized spacial score (nSPS) is 21.2. The van der Waals surface area contributed by atoms with E-state index in [0.717, 1.165) is 40.3 Å². The fraction of sp³-hybridized carbons (Fsp3) is 0.281. The molecule has 2 N–H and O–H groups in total. The molecule has 3 aromatic rings. The minimum absolute atomic E-state index is 0.0781. The molecule has 9 heteroatoms. The minimum Gasteiger partial charge on any atom is -0.316 e. The standard InChI is InChI=1S/C32H30N4O2S3/c1-19-14-15-23-24(18-33)31(41-29(23)16-19)35-30(37)20(2)39-22-9-7-8-21(17-22)34-32(38)36-25-10-3-5-12-27(25)40-28-13-6-4-11-26(28)36/h3-13,17,19-20,25,27H,14-16H2,1-2H3,(H,34,38)(H,35,37). The summed E-state index contributed by atoms with van der Waals surface area (Å²) in [4.78, 5) is 31.8. The number of nitrogens with one attached hydrogen (secondary N) is 2. The average molecular weight is 599 g/mol. The van der Waals surface area contributed by atoms with Gasteiger partial charge in [0.05, 0.1) is 27.8 Å². The van der Waals surface area contributed by atoms with Gasteiger partial charge < -0.3 is 10.6 Å². The third-order valence-electron chi connectivity index (χ3n) is 7.59. The van der Waals surface area contributed by atoms with Crippen molar-refractivity contribution in [3.8, 4) is 6.07 Å². The fourth-order valence-electron chi connectivity index (χ4n) is 5.48. The van der Waals surface area contributed by atoms with Crippen molar-refractivity contribution in [3.63, 3.8) is 0 Å². The van der Waals surface area contributed by atoms with E-state index in [1.807, 2.05) is 66.4 Å². The molecule has 0 saturated heterocycles. The van der Waals surface area contributed by atoms with Gasteiger partial charge in [0.1, 0.15) is 11.1 Å². The predicted molar refractivity (Wildman–Crippen MR) is 170 cm³/mol. The van der Waals surface area contributed by atoms with E-state index < -0.39 is 5.25 Å². The van der Waals surface area contributed by atoms with Crippen molar-refractivity contribution in [2.45, 2.75) is 59.4 Å². The molecule has 6 rings (SSSR count). The number of hydrogen-bond acceptors (Lipinski definition) is 6. The molecule has 4 unspecified atom stereocenters. The molecular weight excluding hydrogens is 569 g/mol. The number of fused-ring (bicyclic) bond motifs is 3. The summed E-state index contributed by atoms with van der Waals surface area (Å²) in [5.74, 6) is 0.456. The molecule has 0 bridgehead atoms. The molecule has 3 amide bonds. The highest BCUT2D eigenvalue weighted by Crippen LogP contribution is 2.44. The lowest BCUT2D eigenvalue weighted by atomic mass is 9.89. The summed E-state index contributed by atoms with van der Waals surface area (Å²) in [7, 11) is 0. The molecule has 1 aromatic heterocycles. The van der Waals surface area contributed by atoms with Crippen LogP contribution in [0.4, 0.5) is 21.2 Å². The summed E-state index contributed by atoms with van der Waals surface area (Å²) in [6, 6.07) is 17.6. The van der Waals surface area contributed by atoms with Gasteiger partial charge in [-0.3, -0.25) is 9.69 Å². The number of anilines is 3. The molecular formula is C32H30N4O2S3. The molecule has 2 aromatic carbocycles. The minimum atomic E-state index is -0.392. The summed E-state index contributed by atoms with van der Waals surface area (Å²) in [6.07, 6.45) is 11.2. The van der Waals surface area contributed by atoms with Crippen LogP contribution in [0.1, 0.15) is 36.3 Å². The molecule has 0 fully saturated rings. The molecule has 2 aliphatic carbocycles. The van der Waals surface area contributed by atoms with Crippen molar-refractivity contribution in [2.24, 2.45) is 5.92 Å². The van der Waals surface area contributed by atoms with Gasteiger partial charge in [0.2, 0.25) is 5.91 Å². The maximum atomic E-state index is 13.6. The third kappa shape index (κ3) is 5.69. The van der Waals surface area contributed by atoms with Gasteiger partial charge in [0.25, 0.3) is 0 Å². The van der Waals surface area contributed by atoms with Crippen LogP contribution in [0.15, 0.2) is 82.6 Å². The summed E-state index contributed by atoms with van der Waals surface area (Å²) in [5.41, 5.74) is 3.29. The summed E-state index contributed by atoms with van der Waals surface area (Å²) in [5, 5.41) is 16.3. The number of thioether (sulfide) groups is 2. The summed E-state index contributed by atoms with van der Waals surface area (Å²) < 4.78 is 0. The van der Waals surface area contributed by atoms with E-state index in [1.54, 1.807) is 23.1 Å². The highest BCUT2D eigenvalue weighted by atomic mass is 32.2. The van der Waals surface area contributed by atoms with E-state index in [1.165, 1.54) is 16.6 Å². The largest absolute Gasteiger partial charge is 0.326 e. The van der Waals surface area contributed by atoms with Crippen molar-refractivity contribution in [2.75, 3.05) is 15.5 Å². The molecule has 208 valence electrons. The zero-order valence-corrected chi connectivity index (χ0v) is 25.2. The lowest BCUT2D eigenvalue weighted by molar-refractivity contribution is -0.115. The number of carbonyl (C=O) groups is 2. The number of rotatable bonds is 5. The quantitative estimate of drug-likeness (QED) is 0.292. The Bertz CT molecular complexity index is 1600. The number of allylic oxidation sites excluding steroid dienone is 2. The number of hydrogen-bond donors (Lipinski definition) is 2. The number of thiophene rings is 1. The summed E-state index contributed by atoms with van der Waals surface area (Å²) in [6.45, 7) is 4.09. The number of urea groups is 1. The second-order valence-corrected chi connectivity index (χ2v) is 14.3. The van der Waals surface area contributed by atoms with E-state index >= 15 is 0 Å². The van der Waals surface area contributed by atoms with Gasteiger partial charge in [-0.05, 0) is 68.0 Å². The first-order valence-corrected chi connectivity index (χ1v) is 16.3. The zero-order valence-electron chi connectivity index (χ0n) is 22.8. The van der Waals surface area contributed by atoms with Crippen molar-refractivity contribution < 1.29 is 9.59 Å². The first-order valence-electron chi connectivity index (χ1n) is 13.7. The Morgan fingerprint density at radius 3 is 2.80 bits per heavy atom. The molecule has 3 aliphatic rings. The van der Waals surface area contributed by atoms with Gasteiger partial charge in [-0.2, -0.15) is 5.26 Å². The first kappa shape index (κ1) is 27.7. The van der Waals surface area contributed by atoms with Crippen molar-refractivity contribution in [1.29, 1.82) is 5.26 Å². The van der Waals surface area contributed by atoms with Gasteiger partial charge in [-0.15, -0.1) is 34.9 Å². The fourth-order valence-corrected chi connectivity index (χ4v) is 9.03. The van der Waals surface area contributed by atoms with Gasteiger partial charge >= 0.3 is 6.03 Å². The van der Waals surface area contributed by atoms with Crippen molar-refractivity contribution in [1.82, 2.24) is 0 Å². The Morgan fingerprint density at radius 1 is 1.12 bits per heavy atom. The van der Waals surface area contributed by atoms with Gasteiger partial charge in [0.15, 0.2) is 0 Å². The second kappa shape index (κ2) is 11.8. The molecule has 0 saturated carbocycles. The molecule has 41 heavy (non-hydrogen) atoms. The maximum absolute atomic E-state index is 13.6.